The maximum Gasteiger partial charge on any atom is 0.275 e. The second-order valence-corrected chi connectivity index (χ2v) is 6.75. The molecule has 1 aliphatic rings. The van der Waals surface area contributed by atoms with Gasteiger partial charge in [0.1, 0.15) is 0 Å². The molecular weight excluding hydrogens is 292 g/mol. The molecule has 0 bridgehead atoms. The summed E-state index contributed by atoms with van der Waals surface area (Å²) in [6.07, 6.45) is 0.401. The van der Waals surface area contributed by atoms with Crippen molar-refractivity contribution in [2.75, 3.05) is 17.3 Å². The normalized spacial score (nSPS) is 19.1. The number of anilines is 1. The molecule has 1 aromatic carbocycles. The first-order valence-electron chi connectivity index (χ1n) is 6.89. The summed E-state index contributed by atoms with van der Waals surface area (Å²) in [5.74, 6) is 0.503. The van der Waals surface area contributed by atoms with E-state index in [1.165, 1.54) is 6.07 Å². The van der Waals surface area contributed by atoms with Gasteiger partial charge in [-0.05, 0) is 23.5 Å². The average Bonchev–Trinajstić information content (AvgIpc) is 2.78. The Balaban J connectivity index is 2.42. The Kier molecular flexibility index (Phi) is 4.23. The van der Waals surface area contributed by atoms with Gasteiger partial charge in [-0.3, -0.25) is 14.9 Å². The van der Waals surface area contributed by atoms with Crippen LogP contribution in [0, 0.1) is 16.0 Å². The van der Waals surface area contributed by atoms with E-state index >= 15 is 0 Å². The van der Waals surface area contributed by atoms with Crippen molar-refractivity contribution < 1.29 is 9.72 Å². The number of halogens is 1. The van der Waals surface area contributed by atoms with E-state index in [0.29, 0.717) is 30.1 Å². The van der Waals surface area contributed by atoms with Crippen LogP contribution >= 0.6 is 11.6 Å². The molecule has 0 aliphatic carbocycles. The monoisotopic (exact) mass is 310 g/mol. The van der Waals surface area contributed by atoms with Gasteiger partial charge in [0, 0.05) is 30.5 Å². The number of nitro benzene ring substituents is 1. The average molecular weight is 311 g/mol. The van der Waals surface area contributed by atoms with E-state index in [1.807, 2.05) is 20.8 Å². The Morgan fingerprint density at radius 3 is 2.57 bits per heavy atom. The molecule has 0 radical (unpaired) electrons. The Morgan fingerprint density at radius 1 is 1.43 bits per heavy atom. The van der Waals surface area contributed by atoms with E-state index in [0.717, 1.165) is 0 Å². The molecule has 0 aromatic heterocycles. The summed E-state index contributed by atoms with van der Waals surface area (Å²) in [6.45, 7) is 6.31. The first-order valence-corrected chi connectivity index (χ1v) is 7.42. The minimum Gasteiger partial charge on any atom is -0.312 e. The van der Waals surface area contributed by atoms with Gasteiger partial charge >= 0.3 is 0 Å². The van der Waals surface area contributed by atoms with Crippen LogP contribution in [0.15, 0.2) is 18.2 Å². The third-order valence-corrected chi connectivity index (χ3v) is 4.16. The maximum atomic E-state index is 12.0. The predicted octanol–water partition coefficient (Wildman–Crippen LogP) is 3.48. The molecule has 6 heteroatoms. The fraction of sp³-hybridized carbons (Fsp3) is 0.533. The van der Waals surface area contributed by atoms with E-state index in [9.17, 15) is 14.9 Å². The van der Waals surface area contributed by atoms with Crippen molar-refractivity contribution in [2.24, 2.45) is 5.92 Å². The summed E-state index contributed by atoms with van der Waals surface area (Å²) in [5.41, 5.74) is 0.973. The third-order valence-electron chi connectivity index (χ3n) is 3.72. The molecule has 1 amide bonds. The van der Waals surface area contributed by atoms with E-state index in [4.69, 9.17) is 11.6 Å². The van der Waals surface area contributed by atoms with Crippen LogP contribution in [0.5, 0.6) is 0 Å². The smallest absolute Gasteiger partial charge is 0.275 e. The van der Waals surface area contributed by atoms with Crippen molar-refractivity contribution in [3.8, 4) is 0 Å². The zero-order chi connectivity index (χ0) is 15.8. The summed E-state index contributed by atoms with van der Waals surface area (Å²) in [6, 6.07) is 5.02. The molecule has 1 atom stereocenters. The Hall–Kier alpha value is -1.62. The lowest BCUT2D eigenvalue weighted by Crippen LogP contribution is -2.25. The highest BCUT2D eigenvalue weighted by Crippen LogP contribution is 2.35. The molecule has 1 saturated heterocycles. The van der Waals surface area contributed by atoms with Crippen LogP contribution in [0.1, 0.15) is 32.8 Å². The topological polar surface area (TPSA) is 63.5 Å². The van der Waals surface area contributed by atoms with Crippen molar-refractivity contribution in [1.29, 1.82) is 0 Å². The lowest BCUT2D eigenvalue weighted by Gasteiger charge is -2.21. The van der Waals surface area contributed by atoms with E-state index in [-0.39, 0.29) is 27.9 Å². The van der Waals surface area contributed by atoms with Crippen molar-refractivity contribution in [2.45, 2.75) is 32.6 Å². The number of nitrogens with zero attached hydrogens (tertiary/aromatic N) is 2. The minimum absolute atomic E-state index is 0.0292. The second-order valence-electron chi connectivity index (χ2n) is 6.44. The molecule has 1 unspecified atom stereocenters. The Morgan fingerprint density at radius 2 is 2.10 bits per heavy atom. The van der Waals surface area contributed by atoms with Crippen LogP contribution < -0.4 is 4.90 Å². The molecule has 114 valence electrons. The maximum absolute atomic E-state index is 12.0. The number of nitro groups is 1. The number of carbonyl (C=O) groups is 1. The predicted molar refractivity (Wildman–Crippen MR) is 83.0 cm³/mol. The largest absolute Gasteiger partial charge is 0.312 e. The zero-order valence-electron chi connectivity index (χ0n) is 12.4. The van der Waals surface area contributed by atoms with Crippen molar-refractivity contribution in [3.05, 3.63) is 33.9 Å². The van der Waals surface area contributed by atoms with Crippen LogP contribution in [0.25, 0.3) is 0 Å². The first-order chi connectivity index (χ1) is 9.74. The van der Waals surface area contributed by atoms with E-state index in [1.54, 1.807) is 17.0 Å². The minimum atomic E-state index is -0.385. The number of rotatable bonds is 3. The molecular formula is C15H19ClN2O3. The summed E-state index contributed by atoms with van der Waals surface area (Å²) in [7, 11) is 0. The summed E-state index contributed by atoms with van der Waals surface area (Å²) < 4.78 is 0. The van der Waals surface area contributed by atoms with Gasteiger partial charge in [0.2, 0.25) is 5.91 Å². The van der Waals surface area contributed by atoms with Gasteiger partial charge in [-0.25, -0.2) is 0 Å². The first kappa shape index (κ1) is 15.8. The molecule has 1 heterocycles. The number of hydrogen-bond donors (Lipinski definition) is 0. The van der Waals surface area contributed by atoms with Gasteiger partial charge in [0.15, 0.2) is 0 Å². The van der Waals surface area contributed by atoms with Gasteiger partial charge in [-0.2, -0.15) is 0 Å². The van der Waals surface area contributed by atoms with Crippen LogP contribution in [0.3, 0.4) is 0 Å². The lowest BCUT2D eigenvalue weighted by atomic mass is 9.85. The summed E-state index contributed by atoms with van der Waals surface area (Å²) in [5, 5.41) is 11.3. The standard InChI is InChI=1S/C15H19ClN2O3/c1-15(2,3)12-5-4-11(7-13(12)18(20)21)17-9-10(8-16)6-14(17)19/h4-5,7,10H,6,8-9H2,1-3H3. The fourth-order valence-electron chi connectivity index (χ4n) is 2.61. The molecule has 0 N–H and O–H groups in total. The summed E-state index contributed by atoms with van der Waals surface area (Å²) >= 11 is 5.81. The van der Waals surface area contributed by atoms with Gasteiger partial charge in [-0.15, -0.1) is 11.6 Å². The van der Waals surface area contributed by atoms with Gasteiger partial charge in [0.25, 0.3) is 5.69 Å². The Labute approximate surface area is 129 Å². The molecule has 1 aliphatic heterocycles. The second kappa shape index (κ2) is 5.64. The van der Waals surface area contributed by atoms with Crippen molar-refractivity contribution >= 4 is 28.9 Å². The number of carbonyl (C=O) groups excluding carboxylic acids is 1. The van der Waals surface area contributed by atoms with Gasteiger partial charge in [0.05, 0.1) is 10.6 Å². The van der Waals surface area contributed by atoms with Crippen LogP contribution in [0.2, 0.25) is 0 Å². The quantitative estimate of drug-likeness (QED) is 0.488. The number of hydrogen-bond acceptors (Lipinski definition) is 3. The Bertz CT molecular complexity index is 581. The third kappa shape index (κ3) is 3.18. The van der Waals surface area contributed by atoms with Gasteiger partial charge in [-0.1, -0.05) is 20.8 Å². The highest BCUT2D eigenvalue weighted by molar-refractivity contribution is 6.18. The van der Waals surface area contributed by atoms with Crippen LogP contribution in [-0.4, -0.2) is 23.3 Å². The fourth-order valence-corrected chi connectivity index (χ4v) is 2.81. The molecule has 0 saturated carbocycles. The van der Waals surface area contributed by atoms with Crippen molar-refractivity contribution in [3.63, 3.8) is 0 Å². The SMILES string of the molecule is CC(C)(C)c1ccc(N2CC(CCl)CC2=O)cc1[N+](=O)[O-]. The van der Waals surface area contributed by atoms with E-state index in [2.05, 4.69) is 0 Å². The molecule has 5 nitrogen and oxygen atoms in total. The molecule has 2 rings (SSSR count). The molecule has 0 spiro atoms. The van der Waals surface area contributed by atoms with E-state index < -0.39 is 0 Å². The molecule has 1 fully saturated rings. The number of alkyl halides is 1. The zero-order valence-corrected chi connectivity index (χ0v) is 13.2. The molecule has 21 heavy (non-hydrogen) atoms. The van der Waals surface area contributed by atoms with Crippen LogP contribution in [0.4, 0.5) is 11.4 Å². The van der Waals surface area contributed by atoms with Gasteiger partial charge < -0.3 is 4.90 Å². The summed E-state index contributed by atoms with van der Waals surface area (Å²) in [4.78, 5) is 24.5. The van der Waals surface area contributed by atoms with Crippen molar-refractivity contribution in [1.82, 2.24) is 0 Å². The number of amides is 1. The van der Waals surface area contributed by atoms with Crippen LogP contribution in [-0.2, 0) is 10.2 Å². The lowest BCUT2D eigenvalue weighted by molar-refractivity contribution is -0.385. The highest BCUT2D eigenvalue weighted by atomic mass is 35.5. The highest BCUT2D eigenvalue weighted by Gasteiger charge is 2.32. The number of benzene rings is 1. The molecule has 1 aromatic rings.